The standard InChI is InChI=1S/C18H21NO/c1-18(2,3)17(20)19-13-14-9-11-16(12-10-14)15-7-5-4-6-8-15/h4-12H,13H2,1-3H3,(H,19,20). The summed E-state index contributed by atoms with van der Waals surface area (Å²) in [5, 5.41) is 2.96. The predicted octanol–water partition coefficient (Wildman–Crippen LogP) is 4.02. The molecule has 0 heterocycles. The highest BCUT2D eigenvalue weighted by Gasteiger charge is 2.20. The van der Waals surface area contributed by atoms with Crippen molar-refractivity contribution in [2.24, 2.45) is 5.41 Å². The molecule has 0 aromatic heterocycles. The second kappa shape index (κ2) is 5.91. The number of benzene rings is 2. The lowest BCUT2D eigenvalue weighted by molar-refractivity contribution is -0.128. The van der Waals surface area contributed by atoms with Gasteiger partial charge in [0, 0.05) is 12.0 Å². The zero-order valence-electron chi connectivity index (χ0n) is 12.3. The number of hydrogen-bond donors (Lipinski definition) is 1. The summed E-state index contributed by atoms with van der Waals surface area (Å²) in [6.45, 7) is 6.33. The van der Waals surface area contributed by atoms with E-state index in [1.54, 1.807) is 0 Å². The molecular formula is C18H21NO. The summed E-state index contributed by atoms with van der Waals surface area (Å²) in [6.07, 6.45) is 0. The summed E-state index contributed by atoms with van der Waals surface area (Å²) in [4.78, 5) is 11.8. The normalized spacial score (nSPS) is 11.2. The molecule has 2 heteroatoms. The molecular weight excluding hydrogens is 246 g/mol. The summed E-state index contributed by atoms with van der Waals surface area (Å²) in [5.74, 6) is 0.0737. The molecule has 1 N–H and O–H groups in total. The van der Waals surface area contributed by atoms with E-state index in [-0.39, 0.29) is 11.3 Å². The first-order chi connectivity index (χ1) is 9.47. The van der Waals surface area contributed by atoms with Gasteiger partial charge in [-0.15, -0.1) is 0 Å². The van der Waals surface area contributed by atoms with Crippen molar-refractivity contribution in [1.29, 1.82) is 0 Å². The Morgan fingerprint density at radius 2 is 1.45 bits per heavy atom. The van der Waals surface area contributed by atoms with Gasteiger partial charge in [0.25, 0.3) is 0 Å². The molecule has 0 radical (unpaired) electrons. The fourth-order valence-corrected chi connectivity index (χ4v) is 1.89. The second-order valence-electron chi connectivity index (χ2n) is 6.00. The van der Waals surface area contributed by atoms with Gasteiger partial charge in [-0.1, -0.05) is 75.4 Å². The molecule has 0 aliphatic carbocycles. The third kappa shape index (κ3) is 3.70. The van der Waals surface area contributed by atoms with E-state index in [9.17, 15) is 4.79 Å². The molecule has 104 valence electrons. The van der Waals surface area contributed by atoms with Crippen LogP contribution in [0.3, 0.4) is 0 Å². The molecule has 0 aliphatic rings. The van der Waals surface area contributed by atoms with Crippen molar-refractivity contribution in [1.82, 2.24) is 5.32 Å². The Morgan fingerprint density at radius 3 is 2.00 bits per heavy atom. The number of rotatable bonds is 3. The fourth-order valence-electron chi connectivity index (χ4n) is 1.89. The van der Waals surface area contributed by atoms with Gasteiger partial charge in [0.05, 0.1) is 0 Å². The number of nitrogens with one attached hydrogen (secondary N) is 1. The van der Waals surface area contributed by atoms with Gasteiger partial charge >= 0.3 is 0 Å². The first-order valence-corrected chi connectivity index (χ1v) is 6.89. The van der Waals surface area contributed by atoms with Crippen LogP contribution < -0.4 is 5.32 Å². The Hall–Kier alpha value is -2.09. The zero-order chi connectivity index (χ0) is 14.6. The highest BCUT2D eigenvalue weighted by Crippen LogP contribution is 2.19. The van der Waals surface area contributed by atoms with Crippen molar-refractivity contribution in [2.45, 2.75) is 27.3 Å². The van der Waals surface area contributed by atoms with Gasteiger partial charge in [0.1, 0.15) is 0 Å². The van der Waals surface area contributed by atoms with E-state index < -0.39 is 0 Å². The molecule has 0 saturated heterocycles. The average Bonchev–Trinajstić information content (AvgIpc) is 2.45. The van der Waals surface area contributed by atoms with E-state index in [1.165, 1.54) is 11.1 Å². The van der Waals surface area contributed by atoms with Crippen LogP contribution in [0.1, 0.15) is 26.3 Å². The quantitative estimate of drug-likeness (QED) is 0.894. The highest BCUT2D eigenvalue weighted by atomic mass is 16.2. The molecule has 0 unspecified atom stereocenters. The molecule has 2 aromatic carbocycles. The van der Waals surface area contributed by atoms with Crippen LogP contribution in [0, 0.1) is 5.41 Å². The molecule has 1 amide bonds. The molecule has 2 aromatic rings. The minimum Gasteiger partial charge on any atom is -0.352 e. The van der Waals surface area contributed by atoms with Crippen LogP contribution in [-0.2, 0) is 11.3 Å². The first kappa shape index (κ1) is 14.3. The molecule has 0 spiro atoms. The van der Waals surface area contributed by atoms with Crippen molar-refractivity contribution in [2.75, 3.05) is 0 Å². The van der Waals surface area contributed by atoms with Crippen molar-refractivity contribution in [3.8, 4) is 11.1 Å². The highest BCUT2D eigenvalue weighted by molar-refractivity contribution is 5.81. The van der Waals surface area contributed by atoms with Crippen molar-refractivity contribution < 1.29 is 4.79 Å². The van der Waals surface area contributed by atoms with E-state index in [2.05, 4.69) is 41.7 Å². The SMILES string of the molecule is CC(C)(C)C(=O)NCc1ccc(-c2ccccc2)cc1. The number of carbonyl (C=O) groups is 1. The Morgan fingerprint density at radius 1 is 0.900 bits per heavy atom. The summed E-state index contributed by atoms with van der Waals surface area (Å²) < 4.78 is 0. The molecule has 20 heavy (non-hydrogen) atoms. The van der Waals surface area contributed by atoms with Gasteiger partial charge in [-0.3, -0.25) is 4.79 Å². The molecule has 0 atom stereocenters. The van der Waals surface area contributed by atoms with E-state index in [0.717, 1.165) is 5.56 Å². The smallest absolute Gasteiger partial charge is 0.225 e. The Labute approximate surface area is 120 Å². The maximum Gasteiger partial charge on any atom is 0.225 e. The van der Waals surface area contributed by atoms with Crippen molar-refractivity contribution >= 4 is 5.91 Å². The van der Waals surface area contributed by atoms with E-state index >= 15 is 0 Å². The van der Waals surface area contributed by atoms with E-state index in [1.807, 2.05) is 39.0 Å². The minimum absolute atomic E-state index is 0.0737. The Bertz CT molecular complexity index is 565. The molecule has 0 bridgehead atoms. The lowest BCUT2D eigenvalue weighted by atomic mass is 9.95. The van der Waals surface area contributed by atoms with Gasteiger partial charge in [-0.25, -0.2) is 0 Å². The molecule has 0 fully saturated rings. The Kier molecular flexibility index (Phi) is 4.23. The zero-order valence-corrected chi connectivity index (χ0v) is 12.3. The van der Waals surface area contributed by atoms with Crippen LogP contribution >= 0.6 is 0 Å². The predicted molar refractivity (Wildman–Crippen MR) is 83.2 cm³/mol. The lowest BCUT2D eigenvalue weighted by Gasteiger charge is -2.17. The number of carbonyl (C=O) groups excluding carboxylic acids is 1. The molecule has 0 saturated carbocycles. The summed E-state index contributed by atoms with van der Waals surface area (Å²) in [6, 6.07) is 18.6. The third-order valence-electron chi connectivity index (χ3n) is 3.20. The summed E-state index contributed by atoms with van der Waals surface area (Å²) >= 11 is 0. The molecule has 2 nitrogen and oxygen atoms in total. The summed E-state index contributed by atoms with van der Waals surface area (Å²) in [5.41, 5.74) is 3.17. The minimum atomic E-state index is -0.343. The van der Waals surface area contributed by atoms with Crippen LogP contribution in [0.15, 0.2) is 54.6 Å². The summed E-state index contributed by atoms with van der Waals surface area (Å²) in [7, 11) is 0. The van der Waals surface area contributed by atoms with E-state index in [4.69, 9.17) is 0 Å². The van der Waals surface area contributed by atoms with Gasteiger partial charge in [0.15, 0.2) is 0 Å². The number of amides is 1. The van der Waals surface area contributed by atoms with Gasteiger partial charge in [-0.2, -0.15) is 0 Å². The van der Waals surface area contributed by atoms with Crippen LogP contribution in [0.2, 0.25) is 0 Å². The maximum atomic E-state index is 11.8. The number of hydrogen-bond acceptors (Lipinski definition) is 1. The van der Waals surface area contributed by atoms with Crippen LogP contribution in [0.4, 0.5) is 0 Å². The van der Waals surface area contributed by atoms with Crippen LogP contribution in [-0.4, -0.2) is 5.91 Å². The first-order valence-electron chi connectivity index (χ1n) is 6.89. The van der Waals surface area contributed by atoms with Crippen LogP contribution in [0.5, 0.6) is 0 Å². The fraction of sp³-hybridized carbons (Fsp3) is 0.278. The average molecular weight is 267 g/mol. The third-order valence-corrected chi connectivity index (χ3v) is 3.20. The Balaban J connectivity index is 2.01. The van der Waals surface area contributed by atoms with Gasteiger partial charge in [-0.05, 0) is 16.7 Å². The second-order valence-corrected chi connectivity index (χ2v) is 6.00. The van der Waals surface area contributed by atoms with Crippen molar-refractivity contribution in [3.05, 3.63) is 60.2 Å². The maximum absolute atomic E-state index is 11.8. The topological polar surface area (TPSA) is 29.1 Å². The monoisotopic (exact) mass is 267 g/mol. The molecule has 2 rings (SSSR count). The lowest BCUT2D eigenvalue weighted by Crippen LogP contribution is -2.34. The van der Waals surface area contributed by atoms with Gasteiger partial charge in [0.2, 0.25) is 5.91 Å². The van der Waals surface area contributed by atoms with Gasteiger partial charge < -0.3 is 5.32 Å². The largest absolute Gasteiger partial charge is 0.352 e. The van der Waals surface area contributed by atoms with E-state index in [0.29, 0.717) is 6.54 Å². The van der Waals surface area contributed by atoms with Crippen LogP contribution in [0.25, 0.3) is 11.1 Å². The molecule has 0 aliphatic heterocycles. The van der Waals surface area contributed by atoms with Crippen molar-refractivity contribution in [3.63, 3.8) is 0 Å².